The van der Waals surface area contributed by atoms with Gasteiger partial charge in [-0.25, -0.2) is 0 Å². The predicted octanol–water partition coefficient (Wildman–Crippen LogP) is 3.30. The van der Waals surface area contributed by atoms with E-state index in [4.69, 9.17) is 4.52 Å². The number of hydrogen-bond donors (Lipinski definition) is 1. The van der Waals surface area contributed by atoms with E-state index in [0.717, 1.165) is 11.3 Å². The number of benzene rings is 1. The fraction of sp³-hybridized carbons (Fsp3) is 0.133. The molecule has 1 atom stereocenters. The summed E-state index contributed by atoms with van der Waals surface area (Å²) in [6, 6.07) is 13.6. The summed E-state index contributed by atoms with van der Waals surface area (Å²) >= 11 is 0. The van der Waals surface area contributed by atoms with Crippen molar-refractivity contribution in [3.8, 4) is 11.4 Å². The molecule has 1 N–H and O–H groups in total. The van der Waals surface area contributed by atoms with Gasteiger partial charge in [-0.2, -0.15) is 4.98 Å². The van der Waals surface area contributed by atoms with Crippen molar-refractivity contribution < 1.29 is 4.52 Å². The Bertz CT molecular complexity index is 667. The molecule has 5 nitrogen and oxygen atoms in total. The topological polar surface area (TPSA) is 63.8 Å². The zero-order chi connectivity index (χ0) is 13.8. The first-order valence-corrected chi connectivity index (χ1v) is 6.38. The van der Waals surface area contributed by atoms with Crippen LogP contribution in [0.2, 0.25) is 0 Å². The molecule has 1 unspecified atom stereocenters. The minimum atomic E-state index is -0.0599. The van der Waals surface area contributed by atoms with Crippen molar-refractivity contribution >= 4 is 5.69 Å². The molecule has 0 aliphatic rings. The Balaban J connectivity index is 1.77. The molecular formula is C15H14N4O. The second kappa shape index (κ2) is 5.52. The average molecular weight is 266 g/mol. The van der Waals surface area contributed by atoms with Crippen LogP contribution in [0.5, 0.6) is 0 Å². The summed E-state index contributed by atoms with van der Waals surface area (Å²) in [7, 11) is 0. The lowest BCUT2D eigenvalue weighted by Gasteiger charge is -2.10. The molecule has 0 aliphatic carbocycles. The molecule has 2 aromatic heterocycles. The Morgan fingerprint density at radius 3 is 2.70 bits per heavy atom. The fourth-order valence-electron chi connectivity index (χ4n) is 1.87. The number of aromatic nitrogens is 3. The van der Waals surface area contributed by atoms with Crippen molar-refractivity contribution in [3.05, 3.63) is 60.7 Å². The highest BCUT2D eigenvalue weighted by Crippen LogP contribution is 2.20. The number of nitrogens with zero attached hydrogens (tertiary/aromatic N) is 3. The number of rotatable bonds is 4. The highest BCUT2D eigenvalue weighted by molar-refractivity contribution is 5.52. The van der Waals surface area contributed by atoms with Gasteiger partial charge in [0.15, 0.2) is 0 Å². The zero-order valence-corrected chi connectivity index (χ0v) is 11.0. The predicted molar refractivity (Wildman–Crippen MR) is 76.0 cm³/mol. The molecule has 0 radical (unpaired) electrons. The van der Waals surface area contributed by atoms with Gasteiger partial charge in [-0.1, -0.05) is 23.4 Å². The smallest absolute Gasteiger partial charge is 0.249 e. The van der Waals surface area contributed by atoms with Crippen molar-refractivity contribution in [1.29, 1.82) is 0 Å². The van der Waals surface area contributed by atoms with Gasteiger partial charge in [0.1, 0.15) is 6.04 Å². The molecule has 5 heteroatoms. The van der Waals surface area contributed by atoms with Gasteiger partial charge in [0.05, 0.1) is 0 Å². The van der Waals surface area contributed by atoms with Gasteiger partial charge in [-0.15, -0.1) is 0 Å². The molecule has 20 heavy (non-hydrogen) atoms. The zero-order valence-electron chi connectivity index (χ0n) is 11.0. The van der Waals surface area contributed by atoms with Crippen LogP contribution in [-0.4, -0.2) is 15.1 Å². The van der Waals surface area contributed by atoms with Gasteiger partial charge < -0.3 is 9.84 Å². The standard InChI is InChI=1S/C15H14N4O/c1-11(17-13-7-3-2-4-8-13)15-18-14(19-20-15)12-6-5-9-16-10-12/h2-11,17H,1H3. The number of nitrogens with one attached hydrogen (secondary N) is 1. The van der Waals surface area contributed by atoms with Crippen LogP contribution in [0.15, 0.2) is 59.4 Å². The molecule has 0 bridgehead atoms. The van der Waals surface area contributed by atoms with Gasteiger partial charge in [0.25, 0.3) is 0 Å². The molecule has 3 aromatic rings. The molecule has 100 valence electrons. The average Bonchev–Trinajstić information content (AvgIpc) is 2.99. The van der Waals surface area contributed by atoms with Crippen LogP contribution in [0.1, 0.15) is 18.9 Å². The Morgan fingerprint density at radius 1 is 1.10 bits per heavy atom. The van der Waals surface area contributed by atoms with Crippen LogP contribution >= 0.6 is 0 Å². The molecule has 1 aromatic carbocycles. The number of pyridine rings is 1. The van der Waals surface area contributed by atoms with Gasteiger partial charge in [-0.05, 0) is 31.2 Å². The second-order valence-corrected chi connectivity index (χ2v) is 4.43. The van der Waals surface area contributed by atoms with Crippen LogP contribution in [0.4, 0.5) is 5.69 Å². The maximum Gasteiger partial charge on any atom is 0.249 e. The maximum absolute atomic E-state index is 5.30. The lowest BCUT2D eigenvalue weighted by Crippen LogP contribution is -2.06. The first-order chi connectivity index (χ1) is 9.83. The fourth-order valence-corrected chi connectivity index (χ4v) is 1.87. The number of hydrogen-bond acceptors (Lipinski definition) is 5. The van der Waals surface area contributed by atoms with E-state index in [2.05, 4.69) is 20.4 Å². The second-order valence-electron chi connectivity index (χ2n) is 4.43. The summed E-state index contributed by atoms with van der Waals surface area (Å²) in [4.78, 5) is 8.44. The SMILES string of the molecule is CC(Nc1ccccc1)c1nc(-c2cccnc2)no1. The van der Waals surface area contributed by atoms with Gasteiger partial charge in [-0.3, -0.25) is 4.98 Å². The van der Waals surface area contributed by atoms with E-state index in [0.29, 0.717) is 11.7 Å². The Kier molecular flexibility index (Phi) is 3.41. The Morgan fingerprint density at radius 2 is 1.95 bits per heavy atom. The summed E-state index contributed by atoms with van der Waals surface area (Å²) in [5.74, 6) is 1.10. The van der Waals surface area contributed by atoms with E-state index in [1.807, 2.05) is 49.4 Å². The lowest BCUT2D eigenvalue weighted by atomic mass is 10.2. The molecule has 0 amide bonds. The molecule has 0 saturated heterocycles. The first kappa shape index (κ1) is 12.3. The molecule has 0 aliphatic heterocycles. The molecule has 0 spiro atoms. The quantitative estimate of drug-likeness (QED) is 0.785. The van der Waals surface area contributed by atoms with Crippen LogP contribution in [0, 0.1) is 0 Å². The molecule has 0 fully saturated rings. The minimum Gasteiger partial charge on any atom is -0.374 e. The Hall–Kier alpha value is -2.69. The van der Waals surface area contributed by atoms with Gasteiger partial charge in [0.2, 0.25) is 11.7 Å². The van der Waals surface area contributed by atoms with E-state index >= 15 is 0 Å². The van der Waals surface area contributed by atoms with Gasteiger partial charge in [0, 0.05) is 23.6 Å². The van der Waals surface area contributed by atoms with E-state index in [1.54, 1.807) is 12.4 Å². The third-order valence-corrected chi connectivity index (χ3v) is 2.89. The summed E-state index contributed by atoms with van der Waals surface area (Å²) in [5.41, 5.74) is 1.86. The third-order valence-electron chi connectivity index (χ3n) is 2.89. The highest BCUT2D eigenvalue weighted by atomic mass is 16.5. The number of anilines is 1. The maximum atomic E-state index is 5.30. The van der Waals surface area contributed by atoms with Crippen LogP contribution in [0.25, 0.3) is 11.4 Å². The van der Waals surface area contributed by atoms with Crippen molar-refractivity contribution in [1.82, 2.24) is 15.1 Å². The van der Waals surface area contributed by atoms with Crippen LogP contribution in [0.3, 0.4) is 0 Å². The monoisotopic (exact) mass is 266 g/mol. The van der Waals surface area contributed by atoms with Crippen LogP contribution in [-0.2, 0) is 0 Å². The highest BCUT2D eigenvalue weighted by Gasteiger charge is 2.15. The third kappa shape index (κ3) is 2.66. The summed E-state index contributed by atoms with van der Waals surface area (Å²) in [5, 5.41) is 7.29. The van der Waals surface area contributed by atoms with E-state index < -0.39 is 0 Å². The lowest BCUT2D eigenvalue weighted by molar-refractivity contribution is 0.368. The molecule has 3 rings (SSSR count). The van der Waals surface area contributed by atoms with E-state index in [1.165, 1.54) is 0 Å². The largest absolute Gasteiger partial charge is 0.374 e. The first-order valence-electron chi connectivity index (χ1n) is 6.38. The van der Waals surface area contributed by atoms with E-state index in [-0.39, 0.29) is 6.04 Å². The number of para-hydroxylation sites is 1. The van der Waals surface area contributed by atoms with Gasteiger partial charge >= 0.3 is 0 Å². The summed E-state index contributed by atoms with van der Waals surface area (Å²) in [6.07, 6.45) is 3.42. The van der Waals surface area contributed by atoms with Crippen molar-refractivity contribution in [2.75, 3.05) is 5.32 Å². The normalized spacial score (nSPS) is 12.1. The minimum absolute atomic E-state index is 0.0599. The van der Waals surface area contributed by atoms with E-state index in [9.17, 15) is 0 Å². The van der Waals surface area contributed by atoms with Crippen molar-refractivity contribution in [2.24, 2.45) is 0 Å². The molecular weight excluding hydrogens is 252 g/mol. The summed E-state index contributed by atoms with van der Waals surface area (Å²) in [6.45, 7) is 1.98. The molecule has 2 heterocycles. The molecule has 0 saturated carbocycles. The van der Waals surface area contributed by atoms with Crippen molar-refractivity contribution in [3.63, 3.8) is 0 Å². The van der Waals surface area contributed by atoms with Crippen LogP contribution < -0.4 is 5.32 Å². The summed E-state index contributed by atoms with van der Waals surface area (Å²) < 4.78 is 5.30. The Labute approximate surface area is 116 Å². The van der Waals surface area contributed by atoms with Crippen molar-refractivity contribution in [2.45, 2.75) is 13.0 Å².